The van der Waals surface area contributed by atoms with Gasteiger partial charge in [-0.3, -0.25) is 10.1 Å². The summed E-state index contributed by atoms with van der Waals surface area (Å²) in [5.41, 5.74) is 1.23. The number of urea groups is 1. The minimum Gasteiger partial charge on any atom is -0.467 e. The number of hydrogen-bond donors (Lipinski definition) is 3. The van der Waals surface area contributed by atoms with Crippen LogP contribution in [-0.2, 0) is 18.4 Å². The summed E-state index contributed by atoms with van der Waals surface area (Å²) >= 11 is 0. The first kappa shape index (κ1) is 16.3. The summed E-state index contributed by atoms with van der Waals surface area (Å²) in [6, 6.07) is 7.45. The first-order valence-corrected chi connectivity index (χ1v) is 8.19. The van der Waals surface area contributed by atoms with Crippen molar-refractivity contribution in [2.45, 2.75) is 25.4 Å². The van der Waals surface area contributed by atoms with Gasteiger partial charge in [-0.15, -0.1) is 0 Å². The van der Waals surface area contributed by atoms with Crippen LogP contribution in [-0.4, -0.2) is 29.6 Å². The van der Waals surface area contributed by atoms with Crippen LogP contribution in [0.3, 0.4) is 0 Å². The van der Waals surface area contributed by atoms with Gasteiger partial charge in [0.25, 0.3) is 5.91 Å². The molecule has 1 aliphatic heterocycles. The van der Waals surface area contributed by atoms with Gasteiger partial charge in [-0.05, 0) is 24.3 Å². The van der Waals surface area contributed by atoms with E-state index in [0.29, 0.717) is 18.3 Å². The second kappa shape index (κ2) is 7.35. The molecule has 1 fully saturated rings. The van der Waals surface area contributed by atoms with Gasteiger partial charge in [-0.1, -0.05) is 0 Å². The van der Waals surface area contributed by atoms with Crippen molar-refractivity contribution in [3.8, 4) is 0 Å². The fourth-order valence-electron chi connectivity index (χ4n) is 3.32. The topological polar surface area (TPSA) is 80.7 Å². The molecule has 1 saturated heterocycles. The Morgan fingerprint density at radius 1 is 1.38 bits per heavy atom. The van der Waals surface area contributed by atoms with Gasteiger partial charge in [-0.25, -0.2) is 4.79 Å². The van der Waals surface area contributed by atoms with E-state index in [1.807, 2.05) is 19.3 Å². The molecule has 2 aromatic heterocycles. The molecule has 0 bridgehead atoms. The van der Waals surface area contributed by atoms with E-state index in [-0.39, 0.29) is 12.5 Å². The molecule has 3 rings (SSSR count). The third kappa shape index (κ3) is 3.86. The fraction of sp³-hybridized carbons (Fsp3) is 0.412. The number of aryl methyl sites for hydroxylation is 1. The van der Waals surface area contributed by atoms with Gasteiger partial charge < -0.3 is 19.2 Å². The van der Waals surface area contributed by atoms with Gasteiger partial charge in [-0.2, -0.15) is 0 Å². The van der Waals surface area contributed by atoms with Crippen LogP contribution in [0.5, 0.6) is 0 Å². The number of amides is 3. The van der Waals surface area contributed by atoms with E-state index in [2.05, 4.69) is 21.3 Å². The highest BCUT2D eigenvalue weighted by atomic mass is 16.3. The second-order valence-corrected chi connectivity index (χ2v) is 6.13. The Bertz CT molecular complexity index is 693. The van der Waals surface area contributed by atoms with Crippen LogP contribution in [0.1, 0.15) is 30.3 Å². The lowest BCUT2D eigenvalue weighted by molar-refractivity contribution is -0.911. The Hall–Kier alpha value is -2.54. The van der Waals surface area contributed by atoms with Crippen molar-refractivity contribution in [2.24, 2.45) is 7.05 Å². The third-order valence-corrected chi connectivity index (χ3v) is 4.47. The lowest BCUT2D eigenvalue weighted by atomic mass is 10.1. The number of carbonyl (C=O) groups excluding carboxylic acids is 2. The second-order valence-electron chi connectivity index (χ2n) is 6.13. The van der Waals surface area contributed by atoms with Gasteiger partial charge >= 0.3 is 6.03 Å². The first-order chi connectivity index (χ1) is 11.6. The molecule has 3 amide bonds. The Balaban J connectivity index is 1.49. The van der Waals surface area contributed by atoms with Crippen molar-refractivity contribution in [3.05, 3.63) is 48.2 Å². The van der Waals surface area contributed by atoms with Crippen LogP contribution in [0.2, 0.25) is 0 Å². The molecular formula is C17H23N4O3+. The number of carbonyl (C=O) groups is 2. The van der Waals surface area contributed by atoms with Crippen molar-refractivity contribution < 1.29 is 18.9 Å². The van der Waals surface area contributed by atoms with E-state index in [1.165, 1.54) is 10.6 Å². The predicted octanol–water partition coefficient (Wildman–Crippen LogP) is 0.364. The van der Waals surface area contributed by atoms with Gasteiger partial charge in [0, 0.05) is 26.1 Å². The summed E-state index contributed by atoms with van der Waals surface area (Å²) in [5.74, 6) is 0.384. The lowest BCUT2D eigenvalue weighted by Crippen LogP contribution is -3.11. The quantitative estimate of drug-likeness (QED) is 0.740. The molecule has 2 atom stereocenters. The maximum absolute atomic E-state index is 12.1. The maximum Gasteiger partial charge on any atom is 0.321 e. The minimum atomic E-state index is -0.495. The summed E-state index contributed by atoms with van der Waals surface area (Å²) in [6.07, 6.45) is 5.71. The summed E-state index contributed by atoms with van der Waals surface area (Å²) in [6.45, 7) is 1.50. The number of nitrogens with one attached hydrogen (secondary N) is 3. The van der Waals surface area contributed by atoms with Crippen LogP contribution in [0.4, 0.5) is 4.79 Å². The van der Waals surface area contributed by atoms with Crippen molar-refractivity contribution in [1.29, 1.82) is 0 Å². The van der Waals surface area contributed by atoms with E-state index in [0.717, 1.165) is 19.4 Å². The number of nitrogens with zero attached hydrogens (tertiary/aromatic N) is 1. The molecule has 24 heavy (non-hydrogen) atoms. The number of imide groups is 1. The highest BCUT2D eigenvalue weighted by molar-refractivity contribution is 5.94. The van der Waals surface area contributed by atoms with Crippen molar-refractivity contribution in [2.75, 3.05) is 13.1 Å². The zero-order valence-electron chi connectivity index (χ0n) is 13.7. The molecule has 7 heteroatoms. The third-order valence-electron chi connectivity index (χ3n) is 4.47. The molecule has 0 aliphatic carbocycles. The van der Waals surface area contributed by atoms with Crippen LogP contribution in [0.25, 0.3) is 0 Å². The molecule has 3 N–H and O–H groups in total. The van der Waals surface area contributed by atoms with Crippen LogP contribution < -0.4 is 15.5 Å². The number of rotatable bonds is 5. The number of aromatic nitrogens is 1. The largest absolute Gasteiger partial charge is 0.467 e. The average Bonchev–Trinajstić information content (AvgIpc) is 3.27. The van der Waals surface area contributed by atoms with Crippen LogP contribution >= 0.6 is 0 Å². The molecule has 1 unspecified atom stereocenters. The summed E-state index contributed by atoms with van der Waals surface area (Å²) in [5, 5.41) is 5.00. The van der Waals surface area contributed by atoms with Crippen LogP contribution in [0, 0.1) is 0 Å². The standard InChI is InChI=1S/C17H22N4O3/c1-20-8-2-6-14(20)15-7-3-9-21(15)12-16(22)19-17(23)18-11-13-5-4-10-24-13/h2,4-6,8,10,15H,3,7,9,11-12H2,1H3,(H2,18,19,22,23)/p+1/t15-/m0/s1. The zero-order chi connectivity index (χ0) is 16.9. The zero-order valence-corrected chi connectivity index (χ0v) is 13.7. The van der Waals surface area contributed by atoms with Gasteiger partial charge in [0.05, 0.1) is 25.0 Å². The van der Waals surface area contributed by atoms with E-state index < -0.39 is 6.03 Å². The normalized spacial score (nSPS) is 20.0. The lowest BCUT2D eigenvalue weighted by Gasteiger charge is -2.21. The van der Waals surface area contributed by atoms with E-state index in [9.17, 15) is 9.59 Å². The summed E-state index contributed by atoms with van der Waals surface area (Å²) in [7, 11) is 2.02. The van der Waals surface area contributed by atoms with Crippen LogP contribution in [0.15, 0.2) is 41.1 Å². The summed E-state index contributed by atoms with van der Waals surface area (Å²) in [4.78, 5) is 25.1. The van der Waals surface area contributed by atoms with Crippen molar-refractivity contribution in [3.63, 3.8) is 0 Å². The van der Waals surface area contributed by atoms with Gasteiger partial charge in [0.1, 0.15) is 11.8 Å². The Morgan fingerprint density at radius 3 is 2.96 bits per heavy atom. The van der Waals surface area contributed by atoms with Crippen molar-refractivity contribution >= 4 is 11.9 Å². The Labute approximate surface area is 140 Å². The molecule has 2 aromatic rings. The fourth-order valence-corrected chi connectivity index (χ4v) is 3.32. The monoisotopic (exact) mass is 331 g/mol. The highest BCUT2D eigenvalue weighted by Crippen LogP contribution is 2.18. The summed E-state index contributed by atoms with van der Waals surface area (Å²) < 4.78 is 7.23. The molecular weight excluding hydrogens is 308 g/mol. The molecule has 3 heterocycles. The maximum atomic E-state index is 12.1. The number of quaternary nitrogens is 1. The SMILES string of the molecule is Cn1cccc1[C@@H]1CCC[NH+]1CC(=O)NC(=O)NCc1ccco1. The highest BCUT2D eigenvalue weighted by Gasteiger charge is 2.33. The van der Waals surface area contributed by atoms with E-state index >= 15 is 0 Å². The first-order valence-electron chi connectivity index (χ1n) is 8.19. The van der Waals surface area contributed by atoms with Gasteiger partial charge in [0.2, 0.25) is 0 Å². The molecule has 0 radical (unpaired) electrons. The van der Waals surface area contributed by atoms with Crippen molar-refractivity contribution in [1.82, 2.24) is 15.2 Å². The minimum absolute atomic E-state index is 0.259. The molecule has 128 valence electrons. The molecule has 0 spiro atoms. The smallest absolute Gasteiger partial charge is 0.321 e. The Kier molecular flexibility index (Phi) is 5.00. The Morgan fingerprint density at radius 2 is 2.25 bits per heavy atom. The number of hydrogen-bond acceptors (Lipinski definition) is 3. The number of likely N-dealkylation sites (tertiary alicyclic amines) is 1. The van der Waals surface area contributed by atoms with Gasteiger partial charge in [0.15, 0.2) is 6.54 Å². The molecule has 0 saturated carbocycles. The molecule has 7 nitrogen and oxygen atoms in total. The number of furan rings is 1. The average molecular weight is 331 g/mol. The van der Waals surface area contributed by atoms with E-state index in [1.54, 1.807) is 18.4 Å². The molecule has 0 aromatic carbocycles. The van der Waals surface area contributed by atoms with E-state index in [4.69, 9.17) is 4.42 Å². The molecule has 1 aliphatic rings. The predicted molar refractivity (Wildman–Crippen MR) is 87.2 cm³/mol.